The van der Waals surface area contributed by atoms with Crippen molar-refractivity contribution < 1.29 is 28.7 Å². The summed E-state index contributed by atoms with van der Waals surface area (Å²) in [7, 11) is 0. The molecule has 3 N–H and O–H groups in total. The number of ether oxygens (including phenoxy) is 2. The van der Waals surface area contributed by atoms with Gasteiger partial charge in [-0.2, -0.15) is 0 Å². The Hall–Kier alpha value is -3.10. The van der Waals surface area contributed by atoms with Gasteiger partial charge in [-0.05, 0) is 64.8 Å². The minimum atomic E-state index is -1.15. The maximum absolute atomic E-state index is 12.3. The lowest BCUT2D eigenvalue weighted by atomic mass is 9.96. The second kappa shape index (κ2) is 10.8. The van der Waals surface area contributed by atoms with Gasteiger partial charge >= 0.3 is 18.1 Å². The Labute approximate surface area is 182 Å². The van der Waals surface area contributed by atoms with E-state index in [1.54, 1.807) is 20.8 Å². The number of amides is 4. The van der Waals surface area contributed by atoms with Crippen LogP contribution in [0.15, 0.2) is 24.3 Å². The zero-order chi connectivity index (χ0) is 23.0. The van der Waals surface area contributed by atoms with Gasteiger partial charge in [-0.15, -0.1) is 0 Å². The number of imide groups is 1. The summed E-state index contributed by atoms with van der Waals surface area (Å²) in [4.78, 5) is 48.2. The van der Waals surface area contributed by atoms with Gasteiger partial charge in [0.15, 0.2) is 6.10 Å². The van der Waals surface area contributed by atoms with E-state index in [0.29, 0.717) is 5.69 Å². The van der Waals surface area contributed by atoms with Crippen LogP contribution in [-0.4, -0.2) is 41.7 Å². The van der Waals surface area contributed by atoms with Crippen molar-refractivity contribution in [3.05, 3.63) is 29.8 Å². The Kier molecular flexibility index (Phi) is 8.41. The molecule has 4 amide bonds. The lowest BCUT2D eigenvalue weighted by molar-refractivity contribution is -0.127. The number of urea groups is 1. The van der Waals surface area contributed by atoms with Crippen LogP contribution in [0.2, 0.25) is 0 Å². The first-order valence-electron chi connectivity index (χ1n) is 10.5. The third-order valence-corrected chi connectivity index (χ3v) is 4.60. The van der Waals surface area contributed by atoms with Crippen molar-refractivity contribution in [1.29, 1.82) is 0 Å². The van der Waals surface area contributed by atoms with Gasteiger partial charge in [0.25, 0.3) is 5.91 Å². The van der Waals surface area contributed by atoms with E-state index >= 15 is 0 Å². The number of nitrogens with one attached hydrogen (secondary N) is 3. The highest BCUT2D eigenvalue weighted by Crippen LogP contribution is 2.17. The van der Waals surface area contributed by atoms with Gasteiger partial charge in [0.05, 0.1) is 5.56 Å². The van der Waals surface area contributed by atoms with E-state index in [4.69, 9.17) is 9.47 Å². The van der Waals surface area contributed by atoms with Crippen LogP contribution in [-0.2, 0) is 14.3 Å². The largest absolute Gasteiger partial charge is 0.449 e. The molecule has 0 saturated heterocycles. The molecule has 9 heteroatoms. The maximum atomic E-state index is 12.3. The van der Waals surface area contributed by atoms with Crippen molar-refractivity contribution in [3.8, 4) is 0 Å². The van der Waals surface area contributed by atoms with E-state index in [0.717, 1.165) is 32.1 Å². The normalized spacial score (nSPS) is 15.4. The highest BCUT2D eigenvalue weighted by Gasteiger charge is 2.23. The fraction of sp³-hybridized carbons (Fsp3) is 0.545. The SMILES string of the molecule is CC(OC(=O)c1ccc(NC(=O)OC(C)(C)C)cc1)C(=O)NC(=O)NC1CCCCC1. The quantitative estimate of drug-likeness (QED) is 0.608. The highest BCUT2D eigenvalue weighted by molar-refractivity contribution is 5.98. The van der Waals surface area contributed by atoms with Crippen molar-refractivity contribution in [3.63, 3.8) is 0 Å². The summed E-state index contributed by atoms with van der Waals surface area (Å²) < 4.78 is 10.3. The van der Waals surface area contributed by atoms with E-state index in [1.165, 1.54) is 31.2 Å². The van der Waals surface area contributed by atoms with Crippen LogP contribution in [0.5, 0.6) is 0 Å². The molecule has 2 rings (SSSR count). The van der Waals surface area contributed by atoms with Crippen LogP contribution < -0.4 is 16.0 Å². The molecule has 1 aromatic rings. The maximum Gasteiger partial charge on any atom is 0.412 e. The lowest BCUT2D eigenvalue weighted by Crippen LogP contribution is -2.48. The van der Waals surface area contributed by atoms with E-state index in [2.05, 4.69) is 16.0 Å². The topological polar surface area (TPSA) is 123 Å². The summed E-state index contributed by atoms with van der Waals surface area (Å²) in [5.41, 5.74) is 0.00900. The smallest absolute Gasteiger partial charge is 0.412 e. The van der Waals surface area contributed by atoms with E-state index in [9.17, 15) is 19.2 Å². The Morgan fingerprint density at radius 3 is 2.19 bits per heavy atom. The number of carbonyl (C=O) groups is 4. The number of carbonyl (C=O) groups excluding carboxylic acids is 4. The summed E-state index contributed by atoms with van der Waals surface area (Å²) in [5.74, 6) is -1.43. The van der Waals surface area contributed by atoms with E-state index in [1.807, 2.05) is 0 Å². The van der Waals surface area contributed by atoms with Crippen LogP contribution in [0, 0.1) is 0 Å². The second-order valence-electron chi connectivity index (χ2n) is 8.55. The van der Waals surface area contributed by atoms with Gasteiger partial charge in [0.1, 0.15) is 5.60 Å². The van der Waals surface area contributed by atoms with Gasteiger partial charge in [0, 0.05) is 11.7 Å². The Morgan fingerprint density at radius 2 is 1.61 bits per heavy atom. The average Bonchev–Trinajstić information content (AvgIpc) is 2.67. The lowest BCUT2D eigenvalue weighted by Gasteiger charge is -2.23. The second-order valence-corrected chi connectivity index (χ2v) is 8.55. The molecule has 1 fully saturated rings. The third-order valence-electron chi connectivity index (χ3n) is 4.60. The minimum Gasteiger partial charge on any atom is -0.449 e. The summed E-state index contributed by atoms with van der Waals surface area (Å²) in [6, 6.07) is 5.42. The van der Waals surface area contributed by atoms with Gasteiger partial charge in [-0.1, -0.05) is 19.3 Å². The zero-order valence-corrected chi connectivity index (χ0v) is 18.4. The predicted octanol–water partition coefficient (Wildman–Crippen LogP) is 3.74. The molecule has 0 heterocycles. The van der Waals surface area contributed by atoms with Gasteiger partial charge < -0.3 is 14.8 Å². The number of hydrogen-bond donors (Lipinski definition) is 3. The van der Waals surface area contributed by atoms with E-state index in [-0.39, 0.29) is 11.6 Å². The van der Waals surface area contributed by atoms with Gasteiger partial charge in [0.2, 0.25) is 0 Å². The molecular weight excluding hydrogens is 402 g/mol. The predicted molar refractivity (Wildman–Crippen MR) is 115 cm³/mol. The number of esters is 1. The minimum absolute atomic E-state index is 0.0622. The molecule has 0 spiro atoms. The van der Waals surface area contributed by atoms with E-state index < -0.39 is 35.7 Å². The fourth-order valence-electron chi connectivity index (χ4n) is 3.08. The first-order valence-corrected chi connectivity index (χ1v) is 10.5. The number of hydrogen-bond acceptors (Lipinski definition) is 6. The highest BCUT2D eigenvalue weighted by atomic mass is 16.6. The average molecular weight is 434 g/mol. The molecule has 0 bridgehead atoms. The summed E-state index contributed by atoms with van der Waals surface area (Å²) in [5, 5.41) is 7.53. The van der Waals surface area contributed by atoms with Crippen LogP contribution in [0.3, 0.4) is 0 Å². The van der Waals surface area contributed by atoms with Crippen molar-refractivity contribution >= 4 is 29.7 Å². The molecule has 9 nitrogen and oxygen atoms in total. The summed E-state index contributed by atoms with van der Waals surface area (Å²) in [6.07, 6.45) is 3.29. The van der Waals surface area contributed by atoms with Crippen molar-refractivity contribution in [2.75, 3.05) is 5.32 Å². The monoisotopic (exact) mass is 433 g/mol. The molecule has 0 radical (unpaired) electrons. The molecule has 1 atom stereocenters. The van der Waals surface area contributed by atoms with Crippen molar-refractivity contribution in [2.45, 2.75) is 77.5 Å². The standard InChI is InChI=1S/C22H31N3O6/c1-14(18(26)25-20(28)23-16-8-6-5-7-9-16)30-19(27)15-10-12-17(13-11-15)24-21(29)31-22(2,3)4/h10-14,16H,5-9H2,1-4H3,(H,24,29)(H2,23,25,26,28). The first kappa shape index (κ1) is 24.2. The Balaban J connectivity index is 1.81. The molecular formula is C22H31N3O6. The van der Waals surface area contributed by atoms with Crippen LogP contribution in [0.1, 0.15) is 70.2 Å². The molecule has 1 aliphatic rings. The number of rotatable bonds is 5. The Bertz CT molecular complexity index is 794. The fourth-order valence-corrected chi connectivity index (χ4v) is 3.08. The molecule has 1 aromatic carbocycles. The number of anilines is 1. The summed E-state index contributed by atoms with van der Waals surface area (Å²) >= 11 is 0. The molecule has 1 unspecified atom stereocenters. The van der Waals surface area contributed by atoms with Crippen LogP contribution in [0.4, 0.5) is 15.3 Å². The van der Waals surface area contributed by atoms with Gasteiger partial charge in [-0.3, -0.25) is 15.4 Å². The van der Waals surface area contributed by atoms with Crippen molar-refractivity contribution in [1.82, 2.24) is 10.6 Å². The molecule has 31 heavy (non-hydrogen) atoms. The Morgan fingerprint density at radius 1 is 1.00 bits per heavy atom. The zero-order valence-electron chi connectivity index (χ0n) is 18.4. The molecule has 170 valence electrons. The van der Waals surface area contributed by atoms with Crippen LogP contribution in [0.25, 0.3) is 0 Å². The summed E-state index contributed by atoms with van der Waals surface area (Å²) in [6.45, 7) is 6.65. The van der Waals surface area contributed by atoms with Crippen LogP contribution >= 0.6 is 0 Å². The third kappa shape index (κ3) is 8.65. The molecule has 1 saturated carbocycles. The van der Waals surface area contributed by atoms with Crippen molar-refractivity contribution in [2.24, 2.45) is 0 Å². The molecule has 0 aromatic heterocycles. The van der Waals surface area contributed by atoms with Gasteiger partial charge in [-0.25, -0.2) is 14.4 Å². The molecule has 0 aliphatic heterocycles. The number of benzene rings is 1. The first-order chi connectivity index (χ1) is 14.5. The molecule has 1 aliphatic carbocycles.